The first-order valence-electron chi connectivity index (χ1n) is 7.32. The van der Waals surface area contributed by atoms with Crippen molar-refractivity contribution in [2.75, 3.05) is 25.6 Å². The Morgan fingerprint density at radius 2 is 1.84 bits per heavy atom. The van der Waals surface area contributed by atoms with Gasteiger partial charge in [0.15, 0.2) is 0 Å². The van der Waals surface area contributed by atoms with Crippen LogP contribution in [-0.4, -0.2) is 44.7 Å². The first kappa shape index (κ1) is 20.6. The van der Waals surface area contributed by atoms with Gasteiger partial charge in [0.05, 0.1) is 19.8 Å². The van der Waals surface area contributed by atoms with Crippen LogP contribution in [0.2, 0.25) is 0 Å². The Bertz CT molecular complexity index is 564. The van der Waals surface area contributed by atoms with E-state index in [0.29, 0.717) is 5.69 Å². The fourth-order valence-corrected chi connectivity index (χ4v) is 1.73. The number of urea groups is 1. The lowest BCUT2D eigenvalue weighted by Gasteiger charge is -2.15. The van der Waals surface area contributed by atoms with E-state index < -0.39 is 30.9 Å². The number of anilines is 1. The summed E-state index contributed by atoms with van der Waals surface area (Å²) in [6.45, 7) is 0.136. The van der Waals surface area contributed by atoms with Gasteiger partial charge in [-0.15, -0.1) is 0 Å². The van der Waals surface area contributed by atoms with Gasteiger partial charge in [0.2, 0.25) is 0 Å². The molecule has 0 saturated carbocycles. The lowest BCUT2D eigenvalue weighted by atomic mass is 10.2. The maximum atomic E-state index is 11.9. The number of carbonyl (C=O) groups excluding carboxylic acids is 2. The average Bonchev–Trinajstić information content (AvgIpc) is 2.52. The number of methoxy groups -OCH3 is 1. The number of amides is 3. The Morgan fingerprint density at radius 3 is 2.40 bits per heavy atom. The van der Waals surface area contributed by atoms with Crippen LogP contribution in [-0.2, 0) is 16.0 Å². The minimum Gasteiger partial charge on any atom is -0.453 e. The molecule has 3 amide bonds. The topological polar surface area (TPSA) is 88.7 Å². The molecule has 1 atom stereocenters. The SMILES string of the molecule is COC(=O)Nc1ccc(CNC(=O)NC(C)COCC(F)(F)F)cc1. The number of alkyl halides is 3. The number of benzene rings is 1. The monoisotopic (exact) mass is 363 g/mol. The van der Waals surface area contributed by atoms with Crippen molar-refractivity contribution in [2.24, 2.45) is 0 Å². The zero-order valence-electron chi connectivity index (χ0n) is 13.8. The molecule has 7 nitrogen and oxygen atoms in total. The van der Waals surface area contributed by atoms with E-state index >= 15 is 0 Å². The number of nitrogens with one attached hydrogen (secondary N) is 3. The Hall–Kier alpha value is -2.49. The van der Waals surface area contributed by atoms with Crippen LogP contribution in [0, 0.1) is 0 Å². The minimum atomic E-state index is -4.39. The van der Waals surface area contributed by atoms with Crippen molar-refractivity contribution in [3.8, 4) is 0 Å². The smallest absolute Gasteiger partial charge is 0.411 e. The van der Waals surface area contributed by atoms with Crippen molar-refractivity contribution in [1.82, 2.24) is 10.6 Å². The fourth-order valence-electron chi connectivity index (χ4n) is 1.73. The quantitative estimate of drug-likeness (QED) is 0.695. The van der Waals surface area contributed by atoms with Crippen molar-refractivity contribution in [2.45, 2.75) is 25.7 Å². The highest BCUT2D eigenvalue weighted by atomic mass is 19.4. The summed E-state index contributed by atoms with van der Waals surface area (Å²) in [5.41, 5.74) is 1.31. The van der Waals surface area contributed by atoms with Crippen LogP contribution in [0.25, 0.3) is 0 Å². The first-order chi connectivity index (χ1) is 11.7. The molecule has 0 heterocycles. The normalized spacial score (nSPS) is 12.2. The molecule has 10 heteroatoms. The van der Waals surface area contributed by atoms with E-state index in [-0.39, 0.29) is 13.2 Å². The second-order valence-corrected chi connectivity index (χ2v) is 5.17. The predicted molar refractivity (Wildman–Crippen MR) is 84.2 cm³/mol. The highest BCUT2D eigenvalue weighted by Gasteiger charge is 2.27. The van der Waals surface area contributed by atoms with Crippen molar-refractivity contribution < 1.29 is 32.2 Å². The zero-order valence-corrected chi connectivity index (χ0v) is 13.8. The van der Waals surface area contributed by atoms with Gasteiger partial charge in [-0.1, -0.05) is 12.1 Å². The van der Waals surface area contributed by atoms with Crippen LogP contribution in [0.3, 0.4) is 0 Å². The Balaban J connectivity index is 2.30. The number of hydrogen-bond donors (Lipinski definition) is 3. The summed E-state index contributed by atoms with van der Waals surface area (Å²) in [6.07, 6.45) is -4.98. The van der Waals surface area contributed by atoms with Gasteiger partial charge in [-0.2, -0.15) is 13.2 Å². The molecule has 0 bridgehead atoms. The summed E-state index contributed by atoms with van der Waals surface area (Å²) in [7, 11) is 1.25. The second-order valence-electron chi connectivity index (χ2n) is 5.17. The molecule has 0 fully saturated rings. The van der Waals surface area contributed by atoms with Crippen LogP contribution in [0.4, 0.5) is 28.4 Å². The highest BCUT2D eigenvalue weighted by Crippen LogP contribution is 2.14. The zero-order chi connectivity index (χ0) is 18.9. The molecule has 1 rings (SSSR count). The van der Waals surface area contributed by atoms with Crippen molar-refractivity contribution in [3.63, 3.8) is 0 Å². The van der Waals surface area contributed by atoms with Gasteiger partial charge in [-0.3, -0.25) is 5.32 Å². The van der Waals surface area contributed by atoms with Gasteiger partial charge in [0.25, 0.3) is 0 Å². The van der Waals surface area contributed by atoms with Gasteiger partial charge >= 0.3 is 18.3 Å². The summed E-state index contributed by atoms with van der Waals surface area (Å²) >= 11 is 0. The molecule has 1 unspecified atom stereocenters. The van der Waals surface area contributed by atoms with Crippen LogP contribution in [0.5, 0.6) is 0 Å². The van der Waals surface area contributed by atoms with Crippen molar-refractivity contribution >= 4 is 17.8 Å². The van der Waals surface area contributed by atoms with Crippen LogP contribution < -0.4 is 16.0 Å². The Labute approximate surface area is 142 Å². The summed E-state index contributed by atoms with van der Waals surface area (Å²) in [5, 5.41) is 7.52. The van der Waals surface area contributed by atoms with Crippen LogP contribution in [0.1, 0.15) is 12.5 Å². The van der Waals surface area contributed by atoms with Gasteiger partial charge in [0, 0.05) is 12.2 Å². The highest BCUT2D eigenvalue weighted by molar-refractivity contribution is 5.84. The van der Waals surface area contributed by atoms with E-state index in [4.69, 9.17) is 0 Å². The molecular formula is C15H20F3N3O4. The van der Waals surface area contributed by atoms with E-state index in [0.717, 1.165) is 5.56 Å². The molecule has 0 aliphatic heterocycles. The summed E-state index contributed by atoms with van der Waals surface area (Å²) in [5.74, 6) is 0. The molecule has 0 saturated heterocycles. The van der Waals surface area contributed by atoms with Gasteiger partial charge in [0.1, 0.15) is 6.61 Å². The maximum Gasteiger partial charge on any atom is 0.411 e. The molecule has 1 aromatic carbocycles. The van der Waals surface area contributed by atoms with Gasteiger partial charge in [-0.05, 0) is 24.6 Å². The van der Waals surface area contributed by atoms with E-state index in [1.165, 1.54) is 14.0 Å². The van der Waals surface area contributed by atoms with E-state index in [1.54, 1.807) is 24.3 Å². The third kappa shape index (κ3) is 9.40. The Morgan fingerprint density at radius 1 is 1.20 bits per heavy atom. The maximum absolute atomic E-state index is 11.9. The van der Waals surface area contributed by atoms with Crippen LogP contribution in [0.15, 0.2) is 24.3 Å². The lowest BCUT2D eigenvalue weighted by Crippen LogP contribution is -2.42. The average molecular weight is 363 g/mol. The van der Waals surface area contributed by atoms with E-state index in [9.17, 15) is 22.8 Å². The number of carbonyl (C=O) groups is 2. The molecule has 1 aromatic rings. The molecular weight excluding hydrogens is 343 g/mol. The fraction of sp³-hybridized carbons (Fsp3) is 0.467. The molecule has 3 N–H and O–H groups in total. The molecule has 0 radical (unpaired) electrons. The van der Waals surface area contributed by atoms with Crippen molar-refractivity contribution in [3.05, 3.63) is 29.8 Å². The van der Waals surface area contributed by atoms with Gasteiger partial charge in [-0.25, -0.2) is 9.59 Å². The van der Waals surface area contributed by atoms with Gasteiger partial charge < -0.3 is 20.1 Å². The lowest BCUT2D eigenvalue weighted by molar-refractivity contribution is -0.174. The van der Waals surface area contributed by atoms with Crippen molar-refractivity contribution in [1.29, 1.82) is 0 Å². The van der Waals surface area contributed by atoms with E-state index in [2.05, 4.69) is 25.4 Å². The van der Waals surface area contributed by atoms with E-state index in [1.807, 2.05) is 0 Å². The largest absolute Gasteiger partial charge is 0.453 e. The second kappa shape index (κ2) is 9.72. The molecule has 0 aliphatic carbocycles. The number of halogens is 3. The molecule has 140 valence electrons. The number of hydrogen-bond acceptors (Lipinski definition) is 4. The number of rotatable bonds is 7. The molecule has 0 aromatic heterocycles. The molecule has 25 heavy (non-hydrogen) atoms. The van der Waals surface area contributed by atoms with Crippen LogP contribution >= 0.6 is 0 Å². The number of ether oxygens (including phenoxy) is 2. The third-order valence-electron chi connectivity index (χ3n) is 2.85. The predicted octanol–water partition coefficient (Wildman–Crippen LogP) is 2.63. The Kier molecular flexibility index (Phi) is 7.99. The third-order valence-corrected chi connectivity index (χ3v) is 2.85. The first-order valence-corrected chi connectivity index (χ1v) is 7.32. The minimum absolute atomic E-state index is 0.209. The summed E-state index contributed by atoms with van der Waals surface area (Å²) < 4.78 is 44.7. The molecule has 0 aliphatic rings. The summed E-state index contributed by atoms with van der Waals surface area (Å²) in [6, 6.07) is 5.57. The standard InChI is InChI=1S/C15H20F3N3O4/c1-10(8-25-9-15(16,17)18)20-13(22)19-7-11-3-5-12(6-4-11)21-14(23)24-2/h3-6,10H,7-9H2,1-2H3,(H,21,23)(H2,19,20,22). The molecule has 0 spiro atoms. The summed E-state index contributed by atoms with van der Waals surface area (Å²) in [4.78, 5) is 22.7.